The third-order valence-electron chi connectivity index (χ3n) is 6.34. The first-order valence-electron chi connectivity index (χ1n) is 6.47. The summed E-state index contributed by atoms with van der Waals surface area (Å²) in [5.74, 6) is 7.11. The van der Waals surface area contributed by atoms with Crippen molar-refractivity contribution in [2.24, 2.45) is 58.2 Å². The maximum atomic E-state index is 5.49. The molecule has 6 aliphatic rings. The highest BCUT2D eigenvalue weighted by Gasteiger charge is 2.82. The highest BCUT2D eigenvalue weighted by atomic mass is 79.9. The number of alkyl halides is 1. The fourth-order valence-corrected chi connectivity index (χ4v) is 7.97. The van der Waals surface area contributed by atoms with E-state index >= 15 is 0 Å². The molecule has 3 N–H and O–H groups in total. The lowest BCUT2D eigenvalue weighted by Gasteiger charge is -2.32. The van der Waals surface area contributed by atoms with E-state index in [1.54, 1.807) is 0 Å². The maximum Gasteiger partial charge on any atom is 0.184 e. The van der Waals surface area contributed by atoms with Gasteiger partial charge in [-0.3, -0.25) is 5.43 Å². The molecular formula is C12H14BrN3S. The molecule has 0 radical (unpaired) electrons. The van der Waals surface area contributed by atoms with Gasteiger partial charge >= 0.3 is 0 Å². The molecule has 5 heteroatoms. The van der Waals surface area contributed by atoms with Crippen molar-refractivity contribution in [2.45, 2.75) is 11.2 Å². The first-order valence-corrected chi connectivity index (χ1v) is 7.79. The van der Waals surface area contributed by atoms with Crippen LogP contribution in [0.3, 0.4) is 0 Å². The zero-order valence-corrected chi connectivity index (χ0v) is 11.6. The van der Waals surface area contributed by atoms with E-state index in [1.165, 1.54) is 12.1 Å². The van der Waals surface area contributed by atoms with E-state index in [4.69, 9.17) is 18.0 Å². The summed E-state index contributed by atoms with van der Waals surface area (Å²) in [7, 11) is 0. The summed E-state index contributed by atoms with van der Waals surface area (Å²) >= 11 is 8.82. The van der Waals surface area contributed by atoms with Crippen molar-refractivity contribution in [3.05, 3.63) is 0 Å². The summed E-state index contributed by atoms with van der Waals surface area (Å²) in [4.78, 5) is 0.764. The summed E-state index contributed by atoms with van der Waals surface area (Å²) in [6.45, 7) is 0. The molecule has 0 heterocycles. The molecule has 0 spiro atoms. The Hall–Kier alpha value is -0.160. The third-order valence-corrected chi connectivity index (χ3v) is 7.65. The third kappa shape index (κ3) is 0.820. The smallest absolute Gasteiger partial charge is 0.184 e. The molecule has 6 fully saturated rings. The second-order valence-corrected chi connectivity index (χ2v) is 7.88. The van der Waals surface area contributed by atoms with E-state index < -0.39 is 0 Å². The van der Waals surface area contributed by atoms with Gasteiger partial charge in [0.1, 0.15) is 0 Å². The lowest BCUT2D eigenvalue weighted by Crippen LogP contribution is -2.30. The van der Waals surface area contributed by atoms with E-state index in [2.05, 4.69) is 26.5 Å². The summed E-state index contributed by atoms with van der Waals surface area (Å²) in [5, 5.41) is 4.85. The highest BCUT2D eigenvalue weighted by Crippen LogP contribution is 2.82. The monoisotopic (exact) mass is 311 g/mol. The second kappa shape index (κ2) is 2.72. The van der Waals surface area contributed by atoms with Gasteiger partial charge in [-0.25, -0.2) is 0 Å². The molecule has 9 atom stereocenters. The number of hydrogen-bond donors (Lipinski definition) is 2. The predicted octanol–water partition coefficient (Wildman–Crippen LogP) is 1.33. The molecule has 6 bridgehead atoms. The zero-order chi connectivity index (χ0) is 11.5. The Morgan fingerprint density at radius 1 is 1.24 bits per heavy atom. The molecule has 9 unspecified atom stereocenters. The largest absolute Gasteiger partial charge is 0.375 e. The molecule has 6 aliphatic carbocycles. The van der Waals surface area contributed by atoms with Crippen molar-refractivity contribution < 1.29 is 0 Å². The SMILES string of the molecule is NC(=S)N/N=C1/C2C3C(Br)C4C5CC(C1C53)C24. The van der Waals surface area contributed by atoms with E-state index in [9.17, 15) is 0 Å². The molecular weight excluding hydrogens is 298 g/mol. The first kappa shape index (κ1) is 9.73. The van der Waals surface area contributed by atoms with Crippen LogP contribution in [0.25, 0.3) is 0 Å². The number of hydrazone groups is 1. The van der Waals surface area contributed by atoms with E-state index in [1.807, 2.05) is 0 Å². The minimum absolute atomic E-state index is 0.297. The Bertz CT molecular complexity index is 476. The molecule has 0 saturated heterocycles. The summed E-state index contributed by atoms with van der Waals surface area (Å²) in [6, 6.07) is 0. The first-order chi connectivity index (χ1) is 8.20. The Balaban J connectivity index is 1.62. The fourth-order valence-electron chi connectivity index (χ4n) is 6.49. The van der Waals surface area contributed by atoms with Gasteiger partial charge in [-0.15, -0.1) is 0 Å². The number of thiocarbonyl (C=S) groups is 1. The van der Waals surface area contributed by atoms with Crippen LogP contribution in [0.4, 0.5) is 0 Å². The van der Waals surface area contributed by atoms with Gasteiger partial charge in [-0.2, -0.15) is 5.10 Å². The van der Waals surface area contributed by atoms with Crippen LogP contribution in [0, 0.1) is 47.3 Å². The predicted molar refractivity (Wildman–Crippen MR) is 72.6 cm³/mol. The average Bonchev–Trinajstić information content (AvgIpc) is 2.97. The number of nitrogens with one attached hydrogen (secondary N) is 1. The standard InChI is InChI=1S/C12H14BrN3S/c13-10-6-2-1-3-4(6)9-8(10)5(2)7(3)11(9)15-16-12(14)17/h2-10H,1H2,(H3,14,16,17)/b15-11+. The highest BCUT2D eigenvalue weighted by molar-refractivity contribution is 9.09. The normalized spacial score (nSPS) is 65.7. The molecule has 0 aliphatic heterocycles. The van der Waals surface area contributed by atoms with Crippen molar-refractivity contribution in [3.63, 3.8) is 0 Å². The molecule has 6 rings (SSSR count). The minimum atomic E-state index is 0.297. The van der Waals surface area contributed by atoms with Crippen molar-refractivity contribution in [2.75, 3.05) is 0 Å². The topological polar surface area (TPSA) is 50.4 Å². The lowest BCUT2D eigenvalue weighted by atomic mass is 9.71. The number of rotatable bonds is 1. The van der Waals surface area contributed by atoms with Crippen LogP contribution in [0.1, 0.15) is 6.42 Å². The Kier molecular flexibility index (Phi) is 1.55. The van der Waals surface area contributed by atoms with Crippen molar-refractivity contribution in [1.29, 1.82) is 0 Å². The molecule has 0 aromatic rings. The van der Waals surface area contributed by atoms with Gasteiger partial charge in [-0.1, -0.05) is 15.9 Å². The van der Waals surface area contributed by atoms with Crippen LogP contribution in [0.2, 0.25) is 0 Å². The Labute approximate surface area is 114 Å². The van der Waals surface area contributed by atoms with E-state index in [0.29, 0.717) is 5.11 Å². The van der Waals surface area contributed by atoms with E-state index in [0.717, 1.165) is 52.2 Å². The van der Waals surface area contributed by atoms with Gasteiger partial charge in [0, 0.05) is 22.4 Å². The summed E-state index contributed by atoms with van der Waals surface area (Å²) in [6.07, 6.45) is 1.46. The number of halogens is 1. The molecule has 17 heavy (non-hydrogen) atoms. The minimum Gasteiger partial charge on any atom is -0.375 e. The molecule has 90 valence electrons. The van der Waals surface area contributed by atoms with Crippen molar-refractivity contribution >= 4 is 39.0 Å². The van der Waals surface area contributed by atoms with Gasteiger partial charge in [0.15, 0.2) is 5.11 Å². The van der Waals surface area contributed by atoms with Gasteiger partial charge in [0.25, 0.3) is 0 Å². The number of nitrogens with two attached hydrogens (primary N) is 1. The van der Waals surface area contributed by atoms with Crippen LogP contribution >= 0.6 is 28.1 Å². The van der Waals surface area contributed by atoms with Crippen LogP contribution in [0.15, 0.2) is 5.10 Å². The second-order valence-electron chi connectivity index (χ2n) is 6.38. The molecule has 3 nitrogen and oxygen atoms in total. The summed E-state index contributed by atoms with van der Waals surface area (Å²) in [5.41, 5.74) is 9.73. The molecule has 6 saturated carbocycles. The van der Waals surface area contributed by atoms with Gasteiger partial charge in [0.2, 0.25) is 0 Å². The van der Waals surface area contributed by atoms with E-state index in [-0.39, 0.29) is 0 Å². The quantitative estimate of drug-likeness (QED) is 0.436. The zero-order valence-electron chi connectivity index (χ0n) is 9.21. The molecule has 0 amide bonds. The number of nitrogens with zero attached hydrogens (tertiary/aromatic N) is 1. The Morgan fingerprint density at radius 3 is 2.71 bits per heavy atom. The average molecular weight is 312 g/mol. The number of hydrogen-bond acceptors (Lipinski definition) is 2. The Morgan fingerprint density at radius 2 is 2.00 bits per heavy atom. The van der Waals surface area contributed by atoms with Crippen LogP contribution in [-0.2, 0) is 0 Å². The molecule has 0 aromatic carbocycles. The van der Waals surface area contributed by atoms with Crippen LogP contribution < -0.4 is 11.2 Å². The molecule has 0 aromatic heterocycles. The van der Waals surface area contributed by atoms with Crippen LogP contribution in [0.5, 0.6) is 0 Å². The maximum absolute atomic E-state index is 5.49. The van der Waals surface area contributed by atoms with Gasteiger partial charge < -0.3 is 5.73 Å². The lowest BCUT2D eigenvalue weighted by molar-refractivity contribution is 0.132. The van der Waals surface area contributed by atoms with Crippen LogP contribution in [-0.4, -0.2) is 15.7 Å². The fraction of sp³-hybridized carbons (Fsp3) is 0.833. The van der Waals surface area contributed by atoms with Gasteiger partial charge in [0.05, 0.1) is 0 Å². The van der Waals surface area contributed by atoms with Crippen molar-refractivity contribution in [1.82, 2.24) is 5.43 Å². The van der Waals surface area contributed by atoms with Crippen molar-refractivity contribution in [3.8, 4) is 0 Å². The van der Waals surface area contributed by atoms with Gasteiger partial charge in [-0.05, 0) is 54.1 Å². The summed E-state index contributed by atoms with van der Waals surface area (Å²) < 4.78 is 0.